The van der Waals surface area contributed by atoms with Gasteiger partial charge in [0.15, 0.2) is 5.78 Å². The average molecular weight is 560 g/mol. The third-order valence-electron chi connectivity index (χ3n) is 7.37. The maximum absolute atomic E-state index is 13.6. The molecule has 0 N–H and O–H groups in total. The zero-order valence-electron chi connectivity index (χ0n) is 21.9. The van der Waals surface area contributed by atoms with Crippen LogP contribution in [0.5, 0.6) is 5.75 Å². The molecule has 12 heteroatoms. The number of esters is 1. The van der Waals surface area contributed by atoms with Crippen molar-refractivity contribution in [1.29, 1.82) is 0 Å². The topological polar surface area (TPSA) is 157 Å². The van der Waals surface area contributed by atoms with Gasteiger partial charge in [-0.3, -0.25) is 29.3 Å². The number of Topliss-reactive ketones (excluding diaryl/α,β-unsaturated/α-hetero) is 1. The predicted octanol–water partition coefficient (Wildman–Crippen LogP) is 4.07. The van der Waals surface area contributed by atoms with Gasteiger partial charge in [0.1, 0.15) is 12.3 Å². The fourth-order valence-electron chi connectivity index (χ4n) is 5.21. The lowest BCUT2D eigenvalue weighted by molar-refractivity contribution is -0.384. The lowest BCUT2D eigenvalue weighted by Gasteiger charge is -2.30. The first kappa shape index (κ1) is 27.4. The van der Waals surface area contributed by atoms with Crippen LogP contribution in [0.2, 0.25) is 0 Å². The first-order valence-electron chi connectivity index (χ1n) is 13.0. The zero-order chi connectivity index (χ0) is 29.3. The molecule has 2 fully saturated rings. The van der Waals surface area contributed by atoms with E-state index in [1.165, 1.54) is 54.8 Å². The highest BCUT2D eigenvalue weighted by Crippen LogP contribution is 2.41. The van der Waals surface area contributed by atoms with E-state index in [9.17, 15) is 34.1 Å². The third-order valence-corrected chi connectivity index (χ3v) is 7.37. The first-order valence-corrected chi connectivity index (χ1v) is 13.0. The Labute approximate surface area is 233 Å². The Hall–Kier alpha value is -5.13. The number of nitro groups is 1. The summed E-state index contributed by atoms with van der Waals surface area (Å²) in [5.41, 5.74) is -0.146. The van der Waals surface area contributed by atoms with E-state index in [4.69, 9.17) is 9.15 Å². The second kappa shape index (κ2) is 11.2. The number of carbonyl (C=O) groups excluding carboxylic acids is 5. The number of amides is 3. The molecule has 1 aliphatic carbocycles. The molecule has 3 aromatic rings. The van der Waals surface area contributed by atoms with Crippen molar-refractivity contribution < 1.29 is 38.1 Å². The highest BCUT2D eigenvalue weighted by molar-refractivity contribution is 6.09. The van der Waals surface area contributed by atoms with E-state index in [0.29, 0.717) is 12.8 Å². The van der Waals surface area contributed by atoms with Crippen molar-refractivity contribution in [3.8, 4) is 5.75 Å². The average Bonchev–Trinajstić information content (AvgIpc) is 3.59. The molecule has 1 aliphatic heterocycles. The van der Waals surface area contributed by atoms with E-state index in [2.05, 4.69) is 0 Å². The van der Waals surface area contributed by atoms with Crippen LogP contribution in [0.4, 0.5) is 5.69 Å². The minimum absolute atomic E-state index is 0.000425. The summed E-state index contributed by atoms with van der Waals surface area (Å²) >= 11 is 0. The molecular formula is C29H25N3O9. The number of fused-ring (bicyclic) bond motifs is 1. The maximum Gasteiger partial charge on any atom is 0.379 e. The number of nitro benzene ring substituents is 1. The van der Waals surface area contributed by atoms with E-state index in [-0.39, 0.29) is 34.2 Å². The van der Waals surface area contributed by atoms with E-state index >= 15 is 0 Å². The molecule has 0 spiro atoms. The number of rotatable bonds is 8. The number of hydrogen-bond acceptors (Lipinski definition) is 9. The Bertz CT molecular complexity index is 1510. The summed E-state index contributed by atoms with van der Waals surface area (Å²) in [5.74, 6) is -4.03. The van der Waals surface area contributed by atoms with Gasteiger partial charge in [-0.2, -0.15) is 5.01 Å². The number of non-ortho nitro benzene ring substituents is 1. The molecule has 1 saturated heterocycles. The zero-order valence-corrected chi connectivity index (χ0v) is 21.9. The molecule has 12 nitrogen and oxygen atoms in total. The van der Waals surface area contributed by atoms with Gasteiger partial charge < -0.3 is 9.15 Å². The second-order valence-electron chi connectivity index (χ2n) is 10.1. The highest BCUT2D eigenvalue weighted by atomic mass is 16.6. The van der Waals surface area contributed by atoms with Gasteiger partial charge in [0.25, 0.3) is 23.4 Å². The van der Waals surface area contributed by atoms with Crippen LogP contribution >= 0.6 is 0 Å². The Morgan fingerprint density at radius 3 is 2.27 bits per heavy atom. The molecule has 3 atom stereocenters. The fraction of sp³-hybridized carbons (Fsp3) is 0.276. The number of carbonyl (C=O) groups is 5. The number of hydrogen-bond donors (Lipinski definition) is 0. The molecule has 2 aliphatic rings. The molecule has 1 saturated carbocycles. The molecule has 3 amide bonds. The van der Waals surface area contributed by atoms with Crippen LogP contribution in [0.3, 0.4) is 0 Å². The summed E-state index contributed by atoms with van der Waals surface area (Å²) in [5, 5.41) is 12.7. The van der Waals surface area contributed by atoms with Crippen molar-refractivity contribution in [1.82, 2.24) is 10.0 Å². The molecular weight excluding hydrogens is 534 g/mol. The number of ether oxygens (including phenoxy) is 1. The van der Waals surface area contributed by atoms with Gasteiger partial charge in [0.2, 0.25) is 5.76 Å². The minimum atomic E-state index is -0.828. The van der Waals surface area contributed by atoms with Crippen molar-refractivity contribution >= 4 is 35.2 Å². The van der Waals surface area contributed by atoms with Crippen molar-refractivity contribution in [3.05, 3.63) is 93.9 Å². The molecule has 41 heavy (non-hydrogen) atoms. The lowest BCUT2D eigenvalue weighted by Crippen LogP contribution is -2.52. The SMILES string of the molecule is C[C@@H]1CC[C@@H]2C(=O)N(N(CC(=O)c3ccc(OC(=O)c4ccco4)cc3)C(=O)c3ccc([N+](=O)[O-])cc3)C(=O)[C@H]2C1. The normalized spacial score (nSPS) is 19.9. The Morgan fingerprint density at radius 1 is 0.976 bits per heavy atom. The fourth-order valence-corrected chi connectivity index (χ4v) is 5.21. The Balaban J connectivity index is 1.40. The number of imide groups is 1. The molecule has 2 heterocycles. The number of benzene rings is 2. The number of ketones is 1. The summed E-state index contributed by atoms with van der Waals surface area (Å²) < 4.78 is 10.2. The lowest BCUT2D eigenvalue weighted by atomic mass is 9.76. The molecule has 0 radical (unpaired) electrons. The summed E-state index contributed by atoms with van der Waals surface area (Å²) in [6.07, 6.45) is 3.09. The molecule has 0 bridgehead atoms. The Morgan fingerprint density at radius 2 is 1.63 bits per heavy atom. The predicted molar refractivity (Wildman–Crippen MR) is 140 cm³/mol. The number of furan rings is 1. The highest BCUT2D eigenvalue weighted by Gasteiger charge is 2.52. The molecule has 0 unspecified atom stereocenters. The van der Waals surface area contributed by atoms with Crippen LogP contribution < -0.4 is 4.74 Å². The first-order chi connectivity index (χ1) is 19.6. The van der Waals surface area contributed by atoms with Gasteiger partial charge in [-0.15, -0.1) is 0 Å². The smallest absolute Gasteiger partial charge is 0.379 e. The minimum Gasteiger partial charge on any atom is -0.457 e. The van der Waals surface area contributed by atoms with Gasteiger partial charge >= 0.3 is 5.97 Å². The van der Waals surface area contributed by atoms with E-state index in [1.807, 2.05) is 6.92 Å². The second-order valence-corrected chi connectivity index (χ2v) is 10.1. The molecule has 1 aromatic heterocycles. The summed E-state index contributed by atoms with van der Waals surface area (Å²) in [7, 11) is 0. The number of hydrazine groups is 1. The van der Waals surface area contributed by atoms with Crippen LogP contribution in [0.1, 0.15) is 57.5 Å². The van der Waals surface area contributed by atoms with E-state index < -0.39 is 52.8 Å². The molecule has 5 rings (SSSR count). The summed E-state index contributed by atoms with van der Waals surface area (Å²) in [4.78, 5) is 76.3. The third kappa shape index (κ3) is 5.49. The van der Waals surface area contributed by atoms with Gasteiger partial charge in [-0.05, 0) is 73.7 Å². The maximum atomic E-state index is 13.6. The van der Waals surface area contributed by atoms with Gasteiger partial charge in [0.05, 0.1) is 23.0 Å². The van der Waals surface area contributed by atoms with E-state index in [0.717, 1.165) is 28.6 Å². The van der Waals surface area contributed by atoms with Crippen molar-refractivity contribution in [3.63, 3.8) is 0 Å². The van der Waals surface area contributed by atoms with Crippen molar-refractivity contribution in [2.75, 3.05) is 6.54 Å². The van der Waals surface area contributed by atoms with Crippen LogP contribution in [0.25, 0.3) is 0 Å². The quantitative estimate of drug-likeness (QED) is 0.0991. The van der Waals surface area contributed by atoms with Crippen LogP contribution in [0, 0.1) is 27.9 Å². The van der Waals surface area contributed by atoms with Gasteiger partial charge in [-0.1, -0.05) is 6.92 Å². The summed E-state index contributed by atoms with van der Waals surface area (Å²) in [6.45, 7) is 1.35. The molecule has 2 aromatic carbocycles. The van der Waals surface area contributed by atoms with Crippen molar-refractivity contribution in [2.24, 2.45) is 17.8 Å². The van der Waals surface area contributed by atoms with Crippen molar-refractivity contribution in [2.45, 2.75) is 26.2 Å². The Kier molecular flexibility index (Phi) is 7.47. The van der Waals surface area contributed by atoms with Crippen LogP contribution in [0.15, 0.2) is 71.3 Å². The summed E-state index contributed by atoms with van der Waals surface area (Å²) in [6, 6.07) is 13.2. The van der Waals surface area contributed by atoms with Gasteiger partial charge in [-0.25, -0.2) is 9.80 Å². The number of nitrogens with zero attached hydrogens (tertiary/aromatic N) is 3. The van der Waals surface area contributed by atoms with Gasteiger partial charge in [0, 0.05) is 23.3 Å². The monoisotopic (exact) mass is 559 g/mol. The van der Waals surface area contributed by atoms with Crippen LogP contribution in [-0.4, -0.2) is 51.0 Å². The van der Waals surface area contributed by atoms with Crippen LogP contribution in [-0.2, 0) is 9.59 Å². The molecule has 210 valence electrons. The largest absolute Gasteiger partial charge is 0.457 e. The van der Waals surface area contributed by atoms with E-state index in [1.54, 1.807) is 0 Å². The standard InChI is InChI=1S/C29H25N3O9/c1-17-4-13-22-23(15-17)28(36)31(27(22)35)30(26(34)19-5-9-20(10-6-19)32(38)39)16-24(33)18-7-11-21(12-8-18)41-29(37)25-3-2-14-40-25/h2-3,5-12,14,17,22-23H,4,13,15-16H2,1H3/t17-,22+,23+/m1/s1.